The molecule has 2 aromatic rings. The Morgan fingerprint density at radius 3 is 2.56 bits per heavy atom. The normalized spacial score (nSPS) is 14.6. The van der Waals surface area contributed by atoms with Crippen LogP contribution in [0.2, 0.25) is 0 Å². The SMILES string of the molecule is Fc1cc(-c2nc3c(s2)CNCC3)cc(F)c1F. The molecular weight excluding hydrogens is 261 g/mol. The van der Waals surface area contributed by atoms with Crippen LogP contribution in [-0.4, -0.2) is 11.5 Å². The molecule has 6 heteroatoms. The predicted octanol–water partition coefficient (Wildman–Crippen LogP) is 2.87. The van der Waals surface area contributed by atoms with Crippen LogP contribution in [0.4, 0.5) is 13.2 Å². The summed E-state index contributed by atoms with van der Waals surface area (Å²) in [6.45, 7) is 1.57. The van der Waals surface area contributed by atoms with Gasteiger partial charge in [0.25, 0.3) is 0 Å². The Morgan fingerprint density at radius 2 is 1.89 bits per heavy atom. The molecule has 0 atom stereocenters. The first kappa shape index (κ1) is 11.7. The molecule has 0 amide bonds. The zero-order valence-electron chi connectivity index (χ0n) is 9.27. The molecule has 3 rings (SSSR count). The van der Waals surface area contributed by atoms with E-state index in [0.717, 1.165) is 42.2 Å². The Bertz CT molecular complexity index is 563. The van der Waals surface area contributed by atoms with Gasteiger partial charge in [0.1, 0.15) is 5.01 Å². The van der Waals surface area contributed by atoms with Gasteiger partial charge in [0, 0.05) is 30.0 Å². The number of hydrogen-bond donors (Lipinski definition) is 1. The van der Waals surface area contributed by atoms with Crippen molar-refractivity contribution < 1.29 is 13.2 Å². The second-order valence-corrected chi connectivity index (χ2v) is 5.15. The molecule has 1 aromatic heterocycles. The molecule has 18 heavy (non-hydrogen) atoms. The van der Waals surface area contributed by atoms with Gasteiger partial charge in [-0.1, -0.05) is 0 Å². The van der Waals surface area contributed by atoms with Gasteiger partial charge in [-0.3, -0.25) is 0 Å². The number of rotatable bonds is 1. The molecule has 2 nitrogen and oxygen atoms in total. The van der Waals surface area contributed by atoms with Gasteiger partial charge in [0.2, 0.25) is 0 Å². The highest BCUT2D eigenvalue weighted by molar-refractivity contribution is 7.15. The maximum atomic E-state index is 13.2. The van der Waals surface area contributed by atoms with Crippen LogP contribution in [0.15, 0.2) is 12.1 Å². The van der Waals surface area contributed by atoms with Crippen LogP contribution in [0, 0.1) is 17.5 Å². The van der Waals surface area contributed by atoms with Crippen molar-refractivity contribution in [2.24, 2.45) is 0 Å². The summed E-state index contributed by atoms with van der Waals surface area (Å²) in [4.78, 5) is 5.43. The molecule has 1 aliphatic rings. The molecule has 0 saturated carbocycles. The monoisotopic (exact) mass is 270 g/mol. The van der Waals surface area contributed by atoms with Crippen LogP contribution in [0.1, 0.15) is 10.6 Å². The standard InChI is InChI=1S/C12H9F3N2S/c13-7-3-6(4-8(14)11(7)15)12-17-9-1-2-16-5-10(9)18-12/h3-4,16H,1-2,5H2. The van der Waals surface area contributed by atoms with Crippen molar-refractivity contribution in [1.82, 2.24) is 10.3 Å². The zero-order valence-corrected chi connectivity index (χ0v) is 10.1. The summed E-state index contributed by atoms with van der Waals surface area (Å²) in [7, 11) is 0. The summed E-state index contributed by atoms with van der Waals surface area (Å²) in [5, 5.41) is 3.73. The fourth-order valence-corrected chi connectivity index (χ4v) is 2.99. The Hall–Kier alpha value is -1.40. The van der Waals surface area contributed by atoms with Gasteiger partial charge in [-0.15, -0.1) is 11.3 Å². The third-order valence-corrected chi connectivity index (χ3v) is 3.98. The van der Waals surface area contributed by atoms with E-state index in [4.69, 9.17) is 0 Å². The summed E-state index contributed by atoms with van der Waals surface area (Å²) in [5.74, 6) is -3.81. The van der Waals surface area contributed by atoms with Crippen molar-refractivity contribution in [3.8, 4) is 10.6 Å². The van der Waals surface area contributed by atoms with Gasteiger partial charge in [-0.2, -0.15) is 0 Å². The van der Waals surface area contributed by atoms with Gasteiger partial charge in [-0.05, 0) is 12.1 Å². The number of benzene rings is 1. The average molecular weight is 270 g/mol. The predicted molar refractivity (Wildman–Crippen MR) is 62.8 cm³/mol. The summed E-state index contributed by atoms with van der Waals surface area (Å²) in [6.07, 6.45) is 0.804. The van der Waals surface area contributed by atoms with Crippen LogP contribution < -0.4 is 5.32 Å². The number of thiazole rings is 1. The first-order chi connectivity index (χ1) is 8.65. The first-order valence-electron chi connectivity index (χ1n) is 5.49. The highest BCUT2D eigenvalue weighted by atomic mass is 32.1. The molecule has 94 valence electrons. The summed E-state index contributed by atoms with van der Waals surface area (Å²) in [6, 6.07) is 1.96. The van der Waals surface area contributed by atoms with Gasteiger partial charge < -0.3 is 5.32 Å². The van der Waals surface area contributed by atoms with E-state index >= 15 is 0 Å². The molecule has 2 heterocycles. The van der Waals surface area contributed by atoms with Gasteiger partial charge in [0.05, 0.1) is 5.69 Å². The highest BCUT2D eigenvalue weighted by Gasteiger charge is 2.18. The fraction of sp³-hybridized carbons (Fsp3) is 0.250. The number of nitrogens with one attached hydrogen (secondary N) is 1. The highest BCUT2D eigenvalue weighted by Crippen LogP contribution is 2.31. The lowest BCUT2D eigenvalue weighted by Gasteiger charge is -2.09. The summed E-state index contributed by atoms with van der Waals surface area (Å²) < 4.78 is 39.2. The lowest BCUT2D eigenvalue weighted by atomic mass is 10.2. The number of aromatic nitrogens is 1. The first-order valence-corrected chi connectivity index (χ1v) is 6.31. The smallest absolute Gasteiger partial charge is 0.194 e. The Morgan fingerprint density at radius 1 is 1.17 bits per heavy atom. The number of fused-ring (bicyclic) bond motifs is 1. The maximum Gasteiger partial charge on any atom is 0.194 e. The molecule has 1 aliphatic heterocycles. The molecule has 0 spiro atoms. The minimum atomic E-state index is -1.44. The number of halogens is 3. The van der Waals surface area contributed by atoms with Crippen molar-refractivity contribution in [2.75, 3.05) is 6.54 Å². The van der Waals surface area contributed by atoms with Crippen LogP contribution in [0.25, 0.3) is 10.6 Å². The molecule has 0 aliphatic carbocycles. The van der Waals surface area contributed by atoms with Gasteiger partial charge >= 0.3 is 0 Å². The van der Waals surface area contributed by atoms with E-state index in [1.165, 1.54) is 11.3 Å². The van der Waals surface area contributed by atoms with E-state index < -0.39 is 17.5 Å². The number of hydrogen-bond acceptors (Lipinski definition) is 3. The molecule has 0 radical (unpaired) electrons. The number of nitrogens with zero attached hydrogens (tertiary/aromatic N) is 1. The van der Waals surface area contributed by atoms with E-state index in [-0.39, 0.29) is 5.56 Å². The second kappa shape index (κ2) is 4.37. The lowest BCUT2D eigenvalue weighted by molar-refractivity contribution is 0.447. The minimum absolute atomic E-state index is 0.283. The molecule has 0 fully saturated rings. The van der Waals surface area contributed by atoms with E-state index in [2.05, 4.69) is 10.3 Å². The van der Waals surface area contributed by atoms with Crippen LogP contribution in [-0.2, 0) is 13.0 Å². The lowest BCUT2D eigenvalue weighted by Crippen LogP contribution is -2.22. The van der Waals surface area contributed by atoms with Crippen LogP contribution >= 0.6 is 11.3 Å². The van der Waals surface area contributed by atoms with Crippen molar-refractivity contribution in [1.29, 1.82) is 0 Å². The van der Waals surface area contributed by atoms with Crippen LogP contribution in [0.5, 0.6) is 0 Å². The van der Waals surface area contributed by atoms with E-state index in [0.29, 0.717) is 5.01 Å². The fourth-order valence-electron chi connectivity index (χ4n) is 1.93. The summed E-state index contributed by atoms with van der Waals surface area (Å²) in [5.41, 5.74) is 1.24. The van der Waals surface area contributed by atoms with E-state index in [9.17, 15) is 13.2 Å². The summed E-state index contributed by atoms with van der Waals surface area (Å²) >= 11 is 1.38. The Balaban J connectivity index is 2.07. The minimum Gasteiger partial charge on any atom is -0.311 e. The van der Waals surface area contributed by atoms with Gasteiger partial charge in [-0.25, -0.2) is 18.2 Å². The Labute approximate surface area is 105 Å². The van der Waals surface area contributed by atoms with Crippen molar-refractivity contribution in [2.45, 2.75) is 13.0 Å². The van der Waals surface area contributed by atoms with Gasteiger partial charge in [0.15, 0.2) is 17.5 Å². The van der Waals surface area contributed by atoms with Crippen LogP contribution in [0.3, 0.4) is 0 Å². The molecule has 0 unspecified atom stereocenters. The molecular formula is C12H9F3N2S. The van der Waals surface area contributed by atoms with Crippen molar-refractivity contribution in [3.63, 3.8) is 0 Å². The third kappa shape index (κ3) is 1.91. The van der Waals surface area contributed by atoms with E-state index in [1.54, 1.807) is 0 Å². The molecule has 0 bridgehead atoms. The maximum absolute atomic E-state index is 13.2. The Kier molecular flexibility index (Phi) is 2.83. The topological polar surface area (TPSA) is 24.9 Å². The third-order valence-electron chi connectivity index (χ3n) is 2.83. The zero-order chi connectivity index (χ0) is 12.7. The molecule has 1 N–H and O–H groups in total. The molecule has 1 aromatic carbocycles. The average Bonchev–Trinajstić information content (AvgIpc) is 2.79. The molecule has 0 saturated heterocycles. The van der Waals surface area contributed by atoms with E-state index in [1.807, 2.05) is 0 Å². The largest absolute Gasteiger partial charge is 0.311 e. The second-order valence-electron chi connectivity index (χ2n) is 4.07. The van der Waals surface area contributed by atoms with Crippen molar-refractivity contribution in [3.05, 3.63) is 40.2 Å². The quantitative estimate of drug-likeness (QED) is 0.806. The van der Waals surface area contributed by atoms with Crippen molar-refractivity contribution >= 4 is 11.3 Å².